The van der Waals surface area contributed by atoms with Crippen LogP contribution in [-0.4, -0.2) is 33.1 Å². The third-order valence-electron chi connectivity index (χ3n) is 5.68. The Morgan fingerprint density at radius 2 is 2.14 bits per heavy atom. The van der Waals surface area contributed by atoms with Crippen molar-refractivity contribution in [3.63, 3.8) is 0 Å². The first-order chi connectivity index (χ1) is 14.2. The van der Waals surface area contributed by atoms with Crippen LogP contribution in [0.1, 0.15) is 52.4 Å². The maximum absolute atomic E-state index is 12.7. The van der Waals surface area contributed by atoms with Crippen LogP contribution in [0.3, 0.4) is 0 Å². The monoisotopic (exact) mass is 393 g/mol. The summed E-state index contributed by atoms with van der Waals surface area (Å²) in [5, 5.41) is 11.6. The molecule has 8 heteroatoms. The number of rotatable bonds is 4. The molecule has 0 aliphatic carbocycles. The average Bonchev–Trinajstić information content (AvgIpc) is 3.41. The summed E-state index contributed by atoms with van der Waals surface area (Å²) in [5.74, 6) is 1.10. The number of ether oxygens (including phenoxy) is 1. The SMILES string of the molecule is Cc1ccc([C@H]2C[C@H](c3noc(Cn4ncc5c(c4=O)CCNC5)n3)CO2)cc1. The molecule has 1 aromatic carbocycles. The molecule has 0 bridgehead atoms. The van der Waals surface area contributed by atoms with Crippen molar-refractivity contribution < 1.29 is 9.26 Å². The summed E-state index contributed by atoms with van der Waals surface area (Å²) in [6.45, 7) is 4.30. The molecule has 0 spiro atoms. The quantitative estimate of drug-likeness (QED) is 0.723. The summed E-state index contributed by atoms with van der Waals surface area (Å²) in [4.78, 5) is 17.2. The van der Waals surface area contributed by atoms with Gasteiger partial charge in [-0.2, -0.15) is 10.1 Å². The van der Waals surface area contributed by atoms with Crippen molar-refractivity contribution in [2.24, 2.45) is 0 Å². The van der Waals surface area contributed by atoms with Crippen molar-refractivity contribution in [3.8, 4) is 0 Å². The lowest BCUT2D eigenvalue weighted by Crippen LogP contribution is -2.34. The molecule has 1 fully saturated rings. The molecule has 0 radical (unpaired) electrons. The minimum atomic E-state index is -0.0765. The smallest absolute Gasteiger partial charge is 0.270 e. The molecular weight excluding hydrogens is 370 g/mol. The minimum Gasteiger partial charge on any atom is -0.373 e. The average molecular weight is 393 g/mol. The first-order valence-corrected chi connectivity index (χ1v) is 9.96. The first-order valence-electron chi connectivity index (χ1n) is 9.96. The molecule has 150 valence electrons. The van der Waals surface area contributed by atoms with Gasteiger partial charge in [-0.3, -0.25) is 4.79 Å². The molecule has 1 N–H and O–H groups in total. The second-order valence-electron chi connectivity index (χ2n) is 7.75. The van der Waals surface area contributed by atoms with Crippen LogP contribution in [0.2, 0.25) is 0 Å². The van der Waals surface area contributed by atoms with Gasteiger partial charge in [0, 0.05) is 18.0 Å². The summed E-state index contributed by atoms with van der Waals surface area (Å²) >= 11 is 0. The van der Waals surface area contributed by atoms with Crippen LogP contribution in [0.15, 0.2) is 39.8 Å². The predicted octanol–water partition coefficient (Wildman–Crippen LogP) is 1.87. The Balaban J connectivity index is 1.29. The molecule has 8 nitrogen and oxygen atoms in total. The van der Waals surface area contributed by atoms with Gasteiger partial charge in [-0.05, 0) is 37.4 Å². The summed E-state index contributed by atoms with van der Waals surface area (Å²) in [6.07, 6.45) is 3.32. The van der Waals surface area contributed by atoms with E-state index in [0.717, 1.165) is 24.1 Å². The van der Waals surface area contributed by atoms with Crippen molar-refractivity contribution in [1.82, 2.24) is 25.2 Å². The highest BCUT2D eigenvalue weighted by atomic mass is 16.5. The van der Waals surface area contributed by atoms with E-state index in [9.17, 15) is 4.79 Å². The van der Waals surface area contributed by atoms with Gasteiger partial charge >= 0.3 is 0 Å². The summed E-state index contributed by atoms with van der Waals surface area (Å²) in [5.41, 5.74) is 4.11. The highest BCUT2D eigenvalue weighted by Crippen LogP contribution is 2.37. The van der Waals surface area contributed by atoms with E-state index in [1.165, 1.54) is 15.8 Å². The van der Waals surface area contributed by atoms with Crippen molar-refractivity contribution in [2.75, 3.05) is 13.2 Å². The second kappa shape index (κ2) is 7.53. The Hall–Kier alpha value is -2.84. The first kappa shape index (κ1) is 18.2. The second-order valence-corrected chi connectivity index (χ2v) is 7.75. The molecule has 0 amide bonds. The summed E-state index contributed by atoms with van der Waals surface area (Å²) in [6, 6.07) is 8.40. The van der Waals surface area contributed by atoms with Crippen LogP contribution in [0.5, 0.6) is 0 Å². The molecule has 2 atom stereocenters. The molecule has 5 rings (SSSR count). The molecule has 4 heterocycles. The number of aromatic nitrogens is 4. The summed E-state index contributed by atoms with van der Waals surface area (Å²) in [7, 11) is 0. The van der Waals surface area contributed by atoms with E-state index in [1.54, 1.807) is 6.20 Å². The predicted molar refractivity (Wildman–Crippen MR) is 105 cm³/mol. The van der Waals surface area contributed by atoms with Crippen molar-refractivity contribution in [2.45, 2.75) is 44.9 Å². The van der Waals surface area contributed by atoms with E-state index in [1.807, 2.05) is 0 Å². The van der Waals surface area contributed by atoms with E-state index in [2.05, 4.69) is 51.7 Å². The van der Waals surface area contributed by atoms with Gasteiger partial charge in [0.15, 0.2) is 5.82 Å². The Labute approximate surface area is 167 Å². The van der Waals surface area contributed by atoms with Gasteiger partial charge in [-0.25, -0.2) is 4.68 Å². The lowest BCUT2D eigenvalue weighted by molar-refractivity contribution is 0.110. The maximum Gasteiger partial charge on any atom is 0.270 e. The van der Waals surface area contributed by atoms with Gasteiger partial charge in [0.2, 0.25) is 5.89 Å². The molecule has 2 aromatic heterocycles. The van der Waals surface area contributed by atoms with Crippen LogP contribution in [-0.2, 0) is 24.2 Å². The van der Waals surface area contributed by atoms with Gasteiger partial charge < -0.3 is 14.6 Å². The largest absolute Gasteiger partial charge is 0.373 e. The Morgan fingerprint density at radius 3 is 3.00 bits per heavy atom. The van der Waals surface area contributed by atoms with Crippen molar-refractivity contribution in [3.05, 3.63) is 74.8 Å². The van der Waals surface area contributed by atoms with Crippen LogP contribution in [0.4, 0.5) is 0 Å². The zero-order valence-electron chi connectivity index (χ0n) is 16.3. The van der Waals surface area contributed by atoms with Crippen molar-refractivity contribution in [1.29, 1.82) is 0 Å². The van der Waals surface area contributed by atoms with Gasteiger partial charge in [0.25, 0.3) is 5.56 Å². The number of aryl methyl sites for hydroxylation is 1. The fourth-order valence-electron chi connectivity index (χ4n) is 3.98. The topological polar surface area (TPSA) is 95.1 Å². The lowest BCUT2D eigenvalue weighted by atomic mass is 9.99. The Morgan fingerprint density at radius 1 is 1.28 bits per heavy atom. The third kappa shape index (κ3) is 3.61. The van der Waals surface area contributed by atoms with E-state index >= 15 is 0 Å². The number of hydrogen-bond acceptors (Lipinski definition) is 7. The van der Waals surface area contributed by atoms with Crippen molar-refractivity contribution >= 4 is 0 Å². The molecule has 2 aliphatic rings. The molecule has 29 heavy (non-hydrogen) atoms. The van der Waals surface area contributed by atoms with Gasteiger partial charge in [0.1, 0.15) is 6.54 Å². The van der Waals surface area contributed by atoms with E-state index in [-0.39, 0.29) is 24.1 Å². The molecule has 0 saturated carbocycles. The van der Waals surface area contributed by atoms with Crippen LogP contribution < -0.4 is 10.9 Å². The van der Waals surface area contributed by atoms with Gasteiger partial charge in [-0.1, -0.05) is 35.0 Å². The van der Waals surface area contributed by atoms with E-state index in [4.69, 9.17) is 9.26 Å². The van der Waals surface area contributed by atoms with Gasteiger partial charge in [0.05, 0.1) is 18.9 Å². The standard InChI is InChI=1S/C21H23N5O3/c1-13-2-4-14(5-3-13)18-8-15(12-28-18)20-24-19(29-25-20)11-26-21(27)17-6-7-22-9-16(17)10-23-26/h2-5,10,15,18,22H,6-9,11-12H2,1H3/t15-,18+/m0/s1. The van der Waals surface area contributed by atoms with E-state index < -0.39 is 0 Å². The fourth-order valence-corrected chi connectivity index (χ4v) is 3.98. The number of fused-ring (bicyclic) bond motifs is 1. The minimum absolute atomic E-state index is 0.0427. The molecule has 0 unspecified atom stereocenters. The Kier molecular flexibility index (Phi) is 4.73. The van der Waals surface area contributed by atoms with Crippen LogP contribution in [0, 0.1) is 6.92 Å². The Bertz CT molecular complexity index is 1070. The number of hydrogen-bond donors (Lipinski definition) is 1. The maximum atomic E-state index is 12.7. The third-order valence-corrected chi connectivity index (χ3v) is 5.68. The zero-order chi connectivity index (χ0) is 19.8. The summed E-state index contributed by atoms with van der Waals surface area (Å²) < 4.78 is 12.8. The molecule has 2 aliphatic heterocycles. The highest BCUT2D eigenvalue weighted by Gasteiger charge is 2.31. The lowest BCUT2D eigenvalue weighted by Gasteiger charge is -2.16. The molecule has 3 aromatic rings. The number of benzene rings is 1. The van der Waals surface area contributed by atoms with Crippen LogP contribution >= 0.6 is 0 Å². The number of nitrogens with one attached hydrogen (secondary N) is 1. The molecular formula is C21H23N5O3. The molecule has 1 saturated heterocycles. The van der Waals surface area contributed by atoms with Gasteiger partial charge in [-0.15, -0.1) is 0 Å². The van der Waals surface area contributed by atoms with E-state index in [0.29, 0.717) is 31.3 Å². The highest BCUT2D eigenvalue weighted by molar-refractivity contribution is 5.25. The zero-order valence-corrected chi connectivity index (χ0v) is 16.3. The fraction of sp³-hybridized carbons (Fsp3) is 0.429. The normalized spacial score (nSPS) is 21.3. The number of nitrogens with zero attached hydrogens (tertiary/aromatic N) is 4. The van der Waals surface area contributed by atoms with Crippen LogP contribution in [0.25, 0.3) is 0 Å².